The molecule has 0 aromatic carbocycles. The Bertz CT molecular complexity index is 2050. The van der Waals surface area contributed by atoms with E-state index in [4.69, 9.17) is 18.9 Å². The van der Waals surface area contributed by atoms with Gasteiger partial charge in [-0.15, -0.1) is 0 Å². The number of hydrogen-bond donors (Lipinski definition) is 9. The normalized spacial score (nSPS) is 22.3. The topological polar surface area (TPSA) is 228 Å². The third-order valence-electron chi connectivity index (χ3n) is 19.8. The van der Waals surface area contributed by atoms with Gasteiger partial charge in [-0.05, 0) is 77.0 Å². The van der Waals surface area contributed by atoms with Gasteiger partial charge in [-0.25, -0.2) is 0 Å². The number of carbonyl (C=O) groups is 1. The predicted octanol–water partition coefficient (Wildman–Crippen LogP) is 19.2. The highest BCUT2D eigenvalue weighted by atomic mass is 16.7. The summed E-state index contributed by atoms with van der Waals surface area (Å²) in [4.78, 5) is 13.4. The van der Waals surface area contributed by atoms with Crippen molar-refractivity contribution in [3.8, 4) is 0 Å². The highest BCUT2D eigenvalue weighted by Crippen LogP contribution is 2.30. The molecule has 2 fully saturated rings. The molecule has 100 heavy (non-hydrogen) atoms. The van der Waals surface area contributed by atoms with Gasteiger partial charge in [-0.3, -0.25) is 4.79 Å². The van der Waals surface area contributed by atoms with E-state index in [1.54, 1.807) is 6.08 Å². The van der Waals surface area contributed by atoms with Crippen LogP contribution >= 0.6 is 0 Å². The van der Waals surface area contributed by atoms with Crippen LogP contribution in [-0.4, -0.2) is 140 Å². The Morgan fingerprint density at radius 3 is 1.06 bits per heavy atom. The summed E-state index contributed by atoms with van der Waals surface area (Å²) in [6.07, 6.45) is 82.0. The lowest BCUT2D eigenvalue weighted by atomic mass is 9.97. The first-order valence-corrected chi connectivity index (χ1v) is 41.5. The fourth-order valence-corrected chi connectivity index (χ4v) is 13.3. The first-order chi connectivity index (χ1) is 49.1. The first-order valence-electron chi connectivity index (χ1n) is 41.5. The van der Waals surface area contributed by atoms with Crippen LogP contribution in [0.3, 0.4) is 0 Å². The Balaban J connectivity index is 1.61. The van der Waals surface area contributed by atoms with Crippen molar-refractivity contribution in [1.29, 1.82) is 0 Å². The number of amides is 1. The van der Waals surface area contributed by atoms with Crippen LogP contribution in [0.4, 0.5) is 0 Å². The van der Waals surface area contributed by atoms with Gasteiger partial charge < -0.3 is 65.1 Å². The Hall–Kier alpha value is -3.09. The van der Waals surface area contributed by atoms with Gasteiger partial charge in [0.2, 0.25) is 5.91 Å². The molecule has 0 spiro atoms. The Kier molecular flexibility index (Phi) is 64.1. The second-order valence-corrected chi connectivity index (χ2v) is 28.9. The molecular weight excluding hydrogens is 1250 g/mol. The van der Waals surface area contributed by atoms with Gasteiger partial charge in [0.1, 0.15) is 48.8 Å². The molecule has 580 valence electrons. The summed E-state index contributed by atoms with van der Waals surface area (Å²) >= 11 is 0. The predicted molar refractivity (Wildman–Crippen MR) is 415 cm³/mol. The maximum Gasteiger partial charge on any atom is 0.220 e. The molecule has 0 aromatic heterocycles. The molecule has 12 unspecified atom stereocenters. The molecule has 2 saturated heterocycles. The van der Waals surface area contributed by atoms with Crippen molar-refractivity contribution < 1.29 is 64.6 Å². The molecule has 0 radical (unpaired) electrons. The van der Waals surface area contributed by atoms with E-state index in [0.717, 1.165) is 83.5 Å². The molecular formula is C86H153NO13. The van der Waals surface area contributed by atoms with Crippen molar-refractivity contribution in [2.75, 3.05) is 19.8 Å². The van der Waals surface area contributed by atoms with E-state index < -0.39 is 86.8 Å². The van der Waals surface area contributed by atoms with Crippen molar-refractivity contribution in [3.63, 3.8) is 0 Å². The minimum absolute atomic E-state index is 0.237. The highest BCUT2D eigenvalue weighted by Gasteiger charge is 2.51. The zero-order valence-electron chi connectivity index (χ0n) is 63.7. The van der Waals surface area contributed by atoms with Gasteiger partial charge in [-0.2, -0.15) is 0 Å². The van der Waals surface area contributed by atoms with Crippen LogP contribution in [0.25, 0.3) is 0 Å². The van der Waals surface area contributed by atoms with Crippen LogP contribution in [0.15, 0.2) is 97.2 Å². The van der Waals surface area contributed by atoms with Crippen LogP contribution in [0.2, 0.25) is 0 Å². The molecule has 12 atom stereocenters. The van der Waals surface area contributed by atoms with Crippen molar-refractivity contribution >= 4 is 5.91 Å². The summed E-state index contributed by atoms with van der Waals surface area (Å²) in [6, 6.07) is -0.921. The molecule has 1 amide bonds. The number of aliphatic hydroxyl groups excluding tert-OH is 8. The third-order valence-corrected chi connectivity index (χ3v) is 19.8. The van der Waals surface area contributed by atoms with Gasteiger partial charge in [0, 0.05) is 6.42 Å². The van der Waals surface area contributed by atoms with Gasteiger partial charge in [-0.1, -0.05) is 361 Å². The molecule has 2 aliphatic heterocycles. The quantitative estimate of drug-likeness (QED) is 0.0204. The van der Waals surface area contributed by atoms with Crippen LogP contribution in [-0.2, 0) is 23.7 Å². The monoisotopic (exact) mass is 1410 g/mol. The van der Waals surface area contributed by atoms with E-state index in [-0.39, 0.29) is 18.9 Å². The molecule has 0 aromatic rings. The molecule has 9 N–H and O–H groups in total. The molecule has 2 heterocycles. The number of hydrogen-bond acceptors (Lipinski definition) is 13. The smallest absolute Gasteiger partial charge is 0.220 e. The number of unbranched alkanes of at least 4 members (excludes halogenated alkanes) is 42. The average Bonchev–Trinajstić information content (AvgIpc) is 0.791. The third kappa shape index (κ3) is 51.2. The second kappa shape index (κ2) is 69.0. The molecule has 2 aliphatic rings. The van der Waals surface area contributed by atoms with Gasteiger partial charge in [0.25, 0.3) is 0 Å². The maximum atomic E-state index is 13.4. The number of nitrogens with one attached hydrogen (secondary N) is 1. The molecule has 14 nitrogen and oxygen atoms in total. The average molecular weight is 1410 g/mol. The van der Waals surface area contributed by atoms with Crippen LogP contribution in [0.5, 0.6) is 0 Å². The SMILES string of the molecule is CC/C=C\C/C=C\C/C=C\C/C=C\C/C=C\C/C=C\C/C=C\CCCCCCCCCCCCCCCCCC(=O)NC(COC1OC(CO)C(OC2OC(CO)C(O)C(O)C2O)C(O)C1O)C(O)/C=C/CCCCCCCCCCCCCCCCCCCCCCCCCCCCC. The molecule has 2 rings (SSSR count). The van der Waals surface area contributed by atoms with E-state index in [9.17, 15) is 45.6 Å². The van der Waals surface area contributed by atoms with E-state index >= 15 is 0 Å². The van der Waals surface area contributed by atoms with E-state index in [2.05, 4.69) is 104 Å². The molecule has 0 saturated carbocycles. The first kappa shape index (κ1) is 93.0. The Morgan fingerprint density at radius 2 is 0.690 bits per heavy atom. The van der Waals surface area contributed by atoms with Crippen LogP contribution < -0.4 is 5.32 Å². The van der Waals surface area contributed by atoms with Crippen molar-refractivity contribution in [2.24, 2.45) is 0 Å². The summed E-state index contributed by atoms with van der Waals surface area (Å²) in [5.41, 5.74) is 0. The lowest BCUT2D eigenvalue weighted by molar-refractivity contribution is -0.359. The van der Waals surface area contributed by atoms with Gasteiger partial charge >= 0.3 is 0 Å². The number of carbonyl (C=O) groups excluding carboxylic acids is 1. The molecule has 0 aliphatic carbocycles. The summed E-state index contributed by atoms with van der Waals surface area (Å²) in [5.74, 6) is -0.237. The number of rotatable bonds is 69. The van der Waals surface area contributed by atoms with Crippen LogP contribution in [0, 0.1) is 0 Å². The van der Waals surface area contributed by atoms with Crippen LogP contribution in [0.1, 0.15) is 348 Å². The summed E-state index contributed by atoms with van der Waals surface area (Å²) < 4.78 is 22.9. The van der Waals surface area contributed by atoms with Crippen molar-refractivity contribution in [2.45, 2.75) is 421 Å². The van der Waals surface area contributed by atoms with E-state index in [0.29, 0.717) is 6.42 Å². The van der Waals surface area contributed by atoms with Gasteiger partial charge in [0.15, 0.2) is 12.6 Å². The maximum absolute atomic E-state index is 13.4. The van der Waals surface area contributed by atoms with Crippen molar-refractivity contribution in [3.05, 3.63) is 97.2 Å². The summed E-state index contributed by atoms with van der Waals surface area (Å²) in [6.45, 7) is 2.73. The fourth-order valence-electron chi connectivity index (χ4n) is 13.3. The summed E-state index contributed by atoms with van der Waals surface area (Å²) in [5, 5.41) is 87.8. The molecule has 0 bridgehead atoms. The highest BCUT2D eigenvalue weighted by molar-refractivity contribution is 5.76. The van der Waals surface area contributed by atoms with Gasteiger partial charge in [0.05, 0.1) is 32.0 Å². The largest absolute Gasteiger partial charge is 0.394 e. The minimum atomic E-state index is -1.79. The fraction of sp³-hybridized carbons (Fsp3) is 0.802. The number of allylic oxidation sites excluding steroid dienone is 15. The second-order valence-electron chi connectivity index (χ2n) is 28.9. The van der Waals surface area contributed by atoms with E-state index in [1.807, 2.05) is 6.08 Å². The molecule has 14 heteroatoms. The van der Waals surface area contributed by atoms with E-state index in [1.165, 1.54) is 238 Å². The van der Waals surface area contributed by atoms with Crippen molar-refractivity contribution in [1.82, 2.24) is 5.32 Å². The Morgan fingerprint density at radius 1 is 0.370 bits per heavy atom. The number of aliphatic hydroxyl groups is 8. The lowest BCUT2D eigenvalue weighted by Crippen LogP contribution is -2.65. The minimum Gasteiger partial charge on any atom is -0.394 e. The summed E-state index contributed by atoms with van der Waals surface area (Å²) in [7, 11) is 0. The Labute approximate surface area is 611 Å². The zero-order chi connectivity index (χ0) is 72.2. The zero-order valence-corrected chi connectivity index (χ0v) is 63.7. The lowest BCUT2D eigenvalue weighted by Gasteiger charge is -2.46. The number of ether oxygens (including phenoxy) is 4. The standard InChI is InChI=1S/C86H153NO13/c1-3-5-7-9-11-13-15-17-19-21-23-25-27-29-31-33-34-35-36-37-38-39-40-42-44-46-48-50-52-54-56-58-60-62-64-66-68-70-78(91)87-74(73-97-85-83(96)81(94)84(77(72-89)99-85)100-86-82(95)80(93)79(92)76(71-88)98-86)75(90)69-67-65-63-61-59-57-55-53-51-49-47-45-43-41-32-30-28-26-24-22-20-18-16-14-12-10-8-6-4-2/h5,7,11,13,17,19,23,25,29,31,34-35,37-38,67,69,74-77,79-86,88-90,92-96H,3-4,6,8-10,12,14-16,18,20-22,24,26-28,30,32-33,36,39-66,68,70-73H2,1-2H3,(H,87,91)/b7-5-,13-11-,19-17-,25-23-,31-29-,35-34-,38-37-,69-67+.